The van der Waals surface area contributed by atoms with Gasteiger partial charge in [0.15, 0.2) is 0 Å². The molecule has 0 saturated carbocycles. The van der Waals surface area contributed by atoms with Gasteiger partial charge in [-0.05, 0) is 18.9 Å². The summed E-state index contributed by atoms with van der Waals surface area (Å²) in [5.74, 6) is -0.138. The van der Waals surface area contributed by atoms with Gasteiger partial charge in [-0.15, -0.1) is 0 Å². The summed E-state index contributed by atoms with van der Waals surface area (Å²) in [7, 11) is 0. The topological polar surface area (TPSA) is 30.5 Å². The second kappa shape index (κ2) is 5.57. The van der Waals surface area contributed by atoms with E-state index in [4.69, 9.17) is 9.47 Å². The standard InChI is InChI=1S/C15H20FNO2/c16-14-4-2-1-3-12(14)10-17-13-5-7-19-15(9-13)6-8-18-11-15/h1-4,13,17H,5-11H2/t13-,15-/m1/s1. The summed E-state index contributed by atoms with van der Waals surface area (Å²) in [4.78, 5) is 0. The summed E-state index contributed by atoms with van der Waals surface area (Å²) >= 11 is 0. The van der Waals surface area contributed by atoms with Crippen molar-refractivity contribution in [3.63, 3.8) is 0 Å². The zero-order valence-electron chi connectivity index (χ0n) is 11.0. The third-order valence-electron chi connectivity index (χ3n) is 4.10. The van der Waals surface area contributed by atoms with Crippen LogP contribution >= 0.6 is 0 Å². The Bertz CT molecular complexity index is 432. The third-order valence-corrected chi connectivity index (χ3v) is 4.10. The molecule has 0 radical (unpaired) electrons. The Morgan fingerprint density at radius 1 is 1.32 bits per heavy atom. The van der Waals surface area contributed by atoms with E-state index < -0.39 is 0 Å². The van der Waals surface area contributed by atoms with Crippen LogP contribution in [-0.4, -0.2) is 31.5 Å². The van der Waals surface area contributed by atoms with Crippen molar-refractivity contribution in [3.05, 3.63) is 35.6 Å². The number of benzene rings is 1. The van der Waals surface area contributed by atoms with E-state index in [0.717, 1.165) is 38.0 Å². The summed E-state index contributed by atoms with van der Waals surface area (Å²) < 4.78 is 24.9. The molecule has 1 aromatic carbocycles. The number of hydrogen-bond donors (Lipinski definition) is 1. The van der Waals surface area contributed by atoms with Crippen LogP contribution in [0.3, 0.4) is 0 Å². The van der Waals surface area contributed by atoms with Crippen LogP contribution < -0.4 is 5.32 Å². The third kappa shape index (κ3) is 2.96. The van der Waals surface area contributed by atoms with Crippen molar-refractivity contribution in [3.8, 4) is 0 Å². The Kier molecular flexibility index (Phi) is 3.82. The molecule has 4 heteroatoms. The molecule has 1 aromatic rings. The minimum absolute atomic E-state index is 0.0921. The lowest BCUT2D eigenvalue weighted by atomic mass is 9.89. The normalized spacial score (nSPS) is 30.9. The predicted octanol–water partition coefficient (Wildman–Crippen LogP) is 2.25. The molecular formula is C15H20FNO2. The fourth-order valence-electron chi connectivity index (χ4n) is 2.96. The highest BCUT2D eigenvalue weighted by atomic mass is 19.1. The lowest BCUT2D eigenvalue weighted by molar-refractivity contribution is -0.0894. The summed E-state index contributed by atoms with van der Waals surface area (Å²) in [5.41, 5.74) is 0.635. The quantitative estimate of drug-likeness (QED) is 0.909. The van der Waals surface area contributed by atoms with Crippen LogP contribution in [0.15, 0.2) is 24.3 Å². The van der Waals surface area contributed by atoms with E-state index in [0.29, 0.717) is 19.2 Å². The maximum atomic E-state index is 13.6. The Hall–Kier alpha value is -0.970. The van der Waals surface area contributed by atoms with Crippen molar-refractivity contribution in [1.29, 1.82) is 0 Å². The van der Waals surface area contributed by atoms with E-state index in [1.54, 1.807) is 6.07 Å². The van der Waals surface area contributed by atoms with Crippen LogP contribution in [0, 0.1) is 5.82 Å². The van der Waals surface area contributed by atoms with Gasteiger partial charge in [-0.3, -0.25) is 0 Å². The summed E-state index contributed by atoms with van der Waals surface area (Å²) in [6, 6.07) is 7.31. The monoisotopic (exact) mass is 265 g/mol. The fourth-order valence-corrected chi connectivity index (χ4v) is 2.96. The molecule has 0 amide bonds. The minimum Gasteiger partial charge on any atom is -0.378 e. The van der Waals surface area contributed by atoms with E-state index in [2.05, 4.69) is 5.32 Å². The van der Waals surface area contributed by atoms with Gasteiger partial charge in [-0.2, -0.15) is 0 Å². The summed E-state index contributed by atoms with van der Waals surface area (Å²) in [6.07, 6.45) is 2.92. The van der Waals surface area contributed by atoms with Crippen molar-refractivity contribution in [2.24, 2.45) is 0 Å². The molecule has 2 heterocycles. The Morgan fingerprint density at radius 3 is 3.00 bits per heavy atom. The molecule has 2 atom stereocenters. The van der Waals surface area contributed by atoms with Gasteiger partial charge in [0, 0.05) is 37.8 Å². The highest BCUT2D eigenvalue weighted by Crippen LogP contribution is 2.32. The Morgan fingerprint density at radius 2 is 2.21 bits per heavy atom. The molecule has 1 spiro atoms. The summed E-state index contributed by atoms with van der Waals surface area (Å²) in [6.45, 7) is 2.83. The molecule has 3 rings (SSSR count). The van der Waals surface area contributed by atoms with Gasteiger partial charge in [0.2, 0.25) is 0 Å². The Balaban J connectivity index is 1.57. The average Bonchev–Trinajstić information content (AvgIpc) is 2.86. The van der Waals surface area contributed by atoms with Gasteiger partial charge in [0.25, 0.3) is 0 Å². The van der Waals surface area contributed by atoms with Gasteiger partial charge in [-0.25, -0.2) is 4.39 Å². The van der Waals surface area contributed by atoms with Gasteiger partial charge in [0.05, 0.1) is 12.2 Å². The molecule has 2 aliphatic heterocycles. The van der Waals surface area contributed by atoms with Crippen LogP contribution in [0.25, 0.3) is 0 Å². The highest BCUT2D eigenvalue weighted by molar-refractivity contribution is 5.17. The molecule has 0 unspecified atom stereocenters. The lowest BCUT2D eigenvalue weighted by Gasteiger charge is -2.37. The van der Waals surface area contributed by atoms with Gasteiger partial charge in [-0.1, -0.05) is 18.2 Å². The molecule has 1 N–H and O–H groups in total. The van der Waals surface area contributed by atoms with Gasteiger partial charge in [0.1, 0.15) is 5.82 Å². The highest BCUT2D eigenvalue weighted by Gasteiger charge is 2.40. The zero-order valence-corrected chi connectivity index (χ0v) is 11.0. The van der Waals surface area contributed by atoms with E-state index in [1.165, 1.54) is 6.07 Å². The van der Waals surface area contributed by atoms with Crippen LogP contribution in [0.4, 0.5) is 4.39 Å². The first-order valence-electron chi connectivity index (χ1n) is 6.96. The second-order valence-corrected chi connectivity index (χ2v) is 5.50. The first kappa shape index (κ1) is 13.0. The molecule has 19 heavy (non-hydrogen) atoms. The van der Waals surface area contributed by atoms with E-state index in [9.17, 15) is 4.39 Å². The number of rotatable bonds is 3. The second-order valence-electron chi connectivity index (χ2n) is 5.50. The van der Waals surface area contributed by atoms with Crippen molar-refractivity contribution >= 4 is 0 Å². The van der Waals surface area contributed by atoms with Crippen molar-refractivity contribution < 1.29 is 13.9 Å². The van der Waals surface area contributed by atoms with E-state index in [1.807, 2.05) is 12.1 Å². The van der Waals surface area contributed by atoms with Crippen molar-refractivity contribution in [2.45, 2.75) is 37.5 Å². The number of ether oxygens (including phenoxy) is 2. The maximum absolute atomic E-state index is 13.6. The number of nitrogens with one attached hydrogen (secondary N) is 1. The van der Waals surface area contributed by atoms with Crippen LogP contribution in [0.2, 0.25) is 0 Å². The first-order chi connectivity index (χ1) is 9.27. The molecular weight excluding hydrogens is 245 g/mol. The van der Waals surface area contributed by atoms with Gasteiger partial charge < -0.3 is 14.8 Å². The zero-order chi connectivity index (χ0) is 13.1. The minimum atomic E-state index is -0.138. The molecule has 3 nitrogen and oxygen atoms in total. The van der Waals surface area contributed by atoms with Crippen LogP contribution in [-0.2, 0) is 16.0 Å². The SMILES string of the molecule is Fc1ccccc1CN[C@@H]1CCO[C@]2(CCOC2)C1. The van der Waals surface area contributed by atoms with Crippen LogP contribution in [0.5, 0.6) is 0 Å². The van der Waals surface area contributed by atoms with E-state index >= 15 is 0 Å². The van der Waals surface area contributed by atoms with Crippen molar-refractivity contribution in [1.82, 2.24) is 5.32 Å². The molecule has 2 saturated heterocycles. The van der Waals surface area contributed by atoms with Crippen molar-refractivity contribution in [2.75, 3.05) is 19.8 Å². The molecule has 2 aliphatic rings. The molecule has 2 fully saturated rings. The smallest absolute Gasteiger partial charge is 0.127 e. The largest absolute Gasteiger partial charge is 0.378 e. The molecule has 0 aliphatic carbocycles. The number of hydrogen-bond acceptors (Lipinski definition) is 3. The van der Waals surface area contributed by atoms with Crippen LogP contribution in [0.1, 0.15) is 24.8 Å². The van der Waals surface area contributed by atoms with Gasteiger partial charge >= 0.3 is 0 Å². The summed E-state index contributed by atoms with van der Waals surface area (Å²) in [5, 5.41) is 3.45. The molecule has 0 bridgehead atoms. The first-order valence-corrected chi connectivity index (χ1v) is 6.96. The maximum Gasteiger partial charge on any atom is 0.127 e. The predicted molar refractivity (Wildman–Crippen MR) is 70.4 cm³/mol. The number of halogens is 1. The average molecular weight is 265 g/mol. The Labute approximate surface area is 113 Å². The molecule has 104 valence electrons. The lowest BCUT2D eigenvalue weighted by Crippen LogP contribution is -2.47. The van der Waals surface area contributed by atoms with E-state index in [-0.39, 0.29) is 11.4 Å². The fraction of sp³-hybridized carbons (Fsp3) is 0.600. The molecule has 0 aromatic heterocycles.